The van der Waals surface area contributed by atoms with E-state index >= 15 is 0 Å². The summed E-state index contributed by atoms with van der Waals surface area (Å²) in [6, 6.07) is 5.53. The zero-order valence-corrected chi connectivity index (χ0v) is 19.0. The van der Waals surface area contributed by atoms with Crippen LogP contribution in [0.3, 0.4) is 0 Å². The standard InChI is InChI=1S/C24H28N6O3/c1-14-13-18(20-15(2)28-33-22(20)26-14)24(32)30-11-7-16(8-12-30)19-6-5-17(21(25)27-19)23(31)29-9-3-4-10-29/h5-6,13,16H,3-4,7-12H2,1-2H3,(H2,25,27). The smallest absolute Gasteiger partial charge is 0.258 e. The lowest BCUT2D eigenvalue weighted by Gasteiger charge is -2.32. The summed E-state index contributed by atoms with van der Waals surface area (Å²) >= 11 is 0. The van der Waals surface area contributed by atoms with Crippen molar-refractivity contribution < 1.29 is 14.1 Å². The molecular weight excluding hydrogens is 420 g/mol. The summed E-state index contributed by atoms with van der Waals surface area (Å²) in [6.45, 7) is 6.46. The average molecular weight is 449 g/mol. The number of hydrogen-bond acceptors (Lipinski definition) is 7. The van der Waals surface area contributed by atoms with E-state index in [4.69, 9.17) is 10.3 Å². The molecule has 2 aliphatic rings. The van der Waals surface area contributed by atoms with Gasteiger partial charge in [0.05, 0.1) is 22.2 Å². The van der Waals surface area contributed by atoms with E-state index in [1.165, 1.54) is 0 Å². The van der Waals surface area contributed by atoms with E-state index in [0.29, 0.717) is 46.8 Å². The first-order chi connectivity index (χ1) is 15.9. The predicted molar refractivity (Wildman–Crippen MR) is 123 cm³/mol. The summed E-state index contributed by atoms with van der Waals surface area (Å²) in [5, 5.41) is 4.66. The highest BCUT2D eigenvalue weighted by molar-refractivity contribution is 6.06. The van der Waals surface area contributed by atoms with Gasteiger partial charge >= 0.3 is 0 Å². The molecule has 0 radical (unpaired) electrons. The van der Waals surface area contributed by atoms with Gasteiger partial charge in [0.1, 0.15) is 5.82 Å². The highest BCUT2D eigenvalue weighted by Crippen LogP contribution is 2.30. The molecular formula is C24H28N6O3. The van der Waals surface area contributed by atoms with Crippen LogP contribution in [0.1, 0.15) is 69.4 Å². The molecule has 9 nitrogen and oxygen atoms in total. The van der Waals surface area contributed by atoms with E-state index in [1.54, 1.807) is 12.1 Å². The number of fused-ring (bicyclic) bond motifs is 1. The fourth-order valence-electron chi connectivity index (χ4n) is 4.92. The first-order valence-electron chi connectivity index (χ1n) is 11.5. The molecule has 33 heavy (non-hydrogen) atoms. The number of likely N-dealkylation sites (tertiary alicyclic amines) is 2. The highest BCUT2D eigenvalue weighted by Gasteiger charge is 2.29. The second kappa shape index (κ2) is 8.46. The van der Waals surface area contributed by atoms with Crippen LogP contribution in [0, 0.1) is 13.8 Å². The third kappa shape index (κ3) is 3.92. The molecule has 2 fully saturated rings. The van der Waals surface area contributed by atoms with Crippen LogP contribution in [0.15, 0.2) is 22.7 Å². The number of carbonyl (C=O) groups is 2. The van der Waals surface area contributed by atoms with E-state index in [0.717, 1.165) is 50.2 Å². The SMILES string of the molecule is Cc1cc(C(=O)N2CCC(c3ccc(C(=O)N4CCCC4)c(N)n3)CC2)c2c(C)noc2n1. The van der Waals surface area contributed by atoms with Crippen molar-refractivity contribution in [2.45, 2.75) is 45.4 Å². The Kier molecular flexibility index (Phi) is 5.47. The number of amides is 2. The van der Waals surface area contributed by atoms with Gasteiger partial charge in [0.2, 0.25) is 0 Å². The summed E-state index contributed by atoms with van der Waals surface area (Å²) in [5.74, 6) is 0.422. The van der Waals surface area contributed by atoms with Gasteiger partial charge in [0.25, 0.3) is 17.5 Å². The van der Waals surface area contributed by atoms with E-state index in [-0.39, 0.29) is 17.7 Å². The Morgan fingerprint density at radius 2 is 1.64 bits per heavy atom. The van der Waals surface area contributed by atoms with E-state index < -0.39 is 0 Å². The van der Waals surface area contributed by atoms with Gasteiger partial charge in [0.15, 0.2) is 0 Å². The van der Waals surface area contributed by atoms with Crippen LogP contribution in [0.5, 0.6) is 0 Å². The van der Waals surface area contributed by atoms with Gasteiger partial charge in [-0.1, -0.05) is 5.16 Å². The molecule has 3 aromatic rings. The second-order valence-corrected chi connectivity index (χ2v) is 8.99. The fourth-order valence-corrected chi connectivity index (χ4v) is 4.92. The second-order valence-electron chi connectivity index (χ2n) is 8.99. The van der Waals surface area contributed by atoms with Gasteiger partial charge in [0, 0.05) is 43.5 Å². The monoisotopic (exact) mass is 448 g/mol. The van der Waals surface area contributed by atoms with Crippen LogP contribution in [-0.4, -0.2) is 62.9 Å². The molecule has 2 saturated heterocycles. The minimum Gasteiger partial charge on any atom is -0.383 e. The molecule has 0 saturated carbocycles. The van der Waals surface area contributed by atoms with Crippen LogP contribution in [0.4, 0.5) is 5.82 Å². The number of aromatic nitrogens is 3. The zero-order chi connectivity index (χ0) is 23.1. The van der Waals surface area contributed by atoms with Gasteiger partial charge in [-0.15, -0.1) is 0 Å². The predicted octanol–water partition coefficient (Wildman–Crippen LogP) is 3.07. The molecule has 5 heterocycles. The molecule has 0 aliphatic carbocycles. The van der Waals surface area contributed by atoms with E-state index in [1.807, 2.05) is 29.7 Å². The minimum atomic E-state index is -0.0348. The quantitative estimate of drug-likeness (QED) is 0.654. The number of pyridine rings is 2. The van der Waals surface area contributed by atoms with Gasteiger partial charge in [-0.05, 0) is 57.7 Å². The summed E-state index contributed by atoms with van der Waals surface area (Å²) < 4.78 is 5.27. The third-order valence-electron chi connectivity index (χ3n) is 6.75. The molecule has 172 valence electrons. The zero-order valence-electron chi connectivity index (χ0n) is 19.0. The largest absolute Gasteiger partial charge is 0.383 e. The summed E-state index contributed by atoms with van der Waals surface area (Å²) in [5.41, 5.74) is 9.91. The summed E-state index contributed by atoms with van der Waals surface area (Å²) in [7, 11) is 0. The van der Waals surface area contributed by atoms with Crippen molar-refractivity contribution >= 4 is 28.7 Å². The number of piperidine rings is 1. The van der Waals surface area contributed by atoms with Crippen molar-refractivity contribution in [3.8, 4) is 0 Å². The molecule has 0 atom stereocenters. The molecule has 0 bridgehead atoms. The number of nitrogen functional groups attached to an aromatic ring is 1. The third-order valence-corrected chi connectivity index (χ3v) is 6.75. The van der Waals surface area contributed by atoms with Gasteiger partial charge < -0.3 is 20.1 Å². The lowest BCUT2D eigenvalue weighted by molar-refractivity contribution is 0.0712. The average Bonchev–Trinajstić information content (AvgIpc) is 3.48. The summed E-state index contributed by atoms with van der Waals surface area (Å²) in [4.78, 5) is 38.6. The molecule has 2 aliphatic heterocycles. The first kappa shape index (κ1) is 21.4. The lowest BCUT2D eigenvalue weighted by Crippen LogP contribution is -2.38. The van der Waals surface area contributed by atoms with Crippen LogP contribution in [0.25, 0.3) is 11.1 Å². The first-order valence-corrected chi connectivity index (χ1v) is 11.5. The molecule has 0 spiro atoms. The number of nitrogens with zero attached hydrogens (tertiary/aromatic N) is 5. The van der Waals surface area contributed by atoms with Crippen LogP contribution < -0.4 is 5.73 Å². The number of aryl methyl sites for hydroxylation is 2. The molecule has 2 N–H and O–H groups in total. The normalized spacial score (nSPS) is 17.2. The maximum absolute atomic E-state index is 13.3. The van der Waals surface area contributed by atoms with Gasteiger partial charge in [-0.2, -0.15) is 0 Å². The van der Waals surface area contributed by atoms with Crippen LogP contribution >= 0.6 is 0 Å². The molecule has 0 unspecified atom stereocenters. The topological polar surface area (TPSA) is 118 Å². The van der Waals surface area contributed by atoms with Gasteiger partial charge in [-0.3, -0.25) is 9.59 Å². The number of carbonyl (C=O) groups excluding carboxylic acids is 2. The van der Waals surface area contributed by atoms with Crippen molar-refractivity contribution in [1.82, 2.24) is 24.9 Å². The fraction of sp³-hybridized carbons (Fsp3) is 0.458. The van der Waals surface area contributed by atoms with Gasteiger partial charge in [-0.25, -0.2) is 9.97 Å². The van der Waals surface area contributed by atoms with Crippen molar-refractivity contribution in [2.75, 3.05) is 31.9 Å². The summed E-state index contributed by atoms with van der Waals surface area (Å²) in [6.07, 6.45) is 3.65. The van der Waals surface area contributed by atoms with Crippen molar-refractivity contribution in [2.24, 2.45) is 0 Å². The van der Waals surface area contributed by atoms with Crippen molar-refractivity contribution in [3.63, 3.8) is 0 Å². The Balaban J connectivity index is 1.29. The Bertz CT molecular complexity index is 1220. The van der Waals surface area contributed by atoms with Crippen LogP contribution in [-0.2, 0) is 0 Å². The van der Waals surface area contributed by atoms with E-state index in [9.17, 15) is 9.59 Å². The maximum Gasteiger partial charge on any atom is 0.258 e. The van der Waals surface area contributed by atoms with Crippen molar-refractivity contribution in [3.05, 3.63) is 46.4 Å². The Morgan fingerprint density at radius 3 is 2.33 bits per heavy atom. The van der Waals surface area contributed by atoms with Crippen LogP contribution in [0.2, 0.25) is 0 Å². The molecule has 3 aromatic heterocycles. The number of hydrogen-bond donors (Lipinski definition) is 1. The molecule has 5 rings (SSSR count). The maximum atomic E-state index is 13.3. The Labute approximate surface area is 191 Å². The number of rotatable bonds is 3. The molecule has 9 heteroatoms. The Hall–Kier alpha value is -3.49. The minimum absolute atomic E-state index is 0.0331. The number of anilines is 1. The molecule has 0 aromatic carbocycles. The lowest BCUT2D eigenvalue weighted by atomic mass is 9.92. The van der Waals surface area contributed by atoms with Crippen molar-refractivity contribution in [1.29, 1.82) is 0 Å². The number of nitrogens with two attached hydrogens (primary N) is 1. The Morgan fingerprint density at radius 1 is 0.970 bits per heavy atom. The highest BCUT2D eigenvalue weighted by atomic mass is 16.5. The van der Waals surface area contributed by atoms with E-state index in [2.05, 4.69) is 15.1 Å². The molecule has 2 amide bonds.